The van der Waals surface area contributed by atoms with E-state index >= 15 is 0 Å². The number of aryl methyl sites for hydroxylation is 1. The van der Waals surface area contributed by atoms with Crippen LogP contribution in [0.2, 0.25) is 0 Å². The molecule has 1 N–H and O–H groups in total. The molecular formula is C14H16N2O3S. The van der Waals surface area contributed by atoms with Gasteiger partial charge in [-0.1, -0.05) is 0 Å². The molecule has 2 aromatic heterocycles. The Kier molecular flexibility index (Phi) is 4.57. The molecule has 0 unspecified atom stereocenters. The third-order valence-electron chi connectivity index (χ3n) is 2.76. The lowest BCUT2D eigenvalue weighted by Gasteiger charge is -2.15. The lowest BCUT2D eigenvalue weighted by atomic mass is 10.4. The molecule has 0 aliphatic carbocycles. The smallest absolute Gasteiger partial charge is 0.261 e. The fourth-order valence-electron chi connectivity index (χ4n) is 1.66. The molecule has 0 aliphatic heterocycles. The van der Waals surface area contributed by atoms with Crippen molar-refractivity contribution < 1.29 is 14.0 Å². The van der Waals surface area contributed by atoms with Gasteiger partial charge in [0.15, 0.2) is 0 Å². The minimum Gasteiger partial charge on any atom is -0.467 e. The van der Waals surface area contributed by atoms with Crippen LogP contribution < -0.4 is 5.32 Å². The molecule has 0 spiro atoms. The Balaban J connectivity index is 1.81. The Hall–Kier alpha value is -2.08. The minimum absolute atomic E-state index is 0.0208. The summed E-state index contributed by atoms with van der Waals surface area (Å²) in [4.78, 5) is 26.9. The fourth-order valence-corrected chi connectivity index (χ4v) is 2.44. The van der Waals surface area contributed by atoms with Crippen molar-refractivity contribution in [3.8, 4) is 0 Å². The van der Waals surface area contributed by atoms with E-state index in [1.54, 1.807) is 31.5 Å². The third kappa shape index (κ3) is 3.71. The topological polar surface area (TPSA) is 62.6 Å². The Morgan fingerprint density at radius 1 is 1.35 bits per heavy atom. The van der Waals surface area contributed by atoms with E-state index in [-0.39, 0.29) is 18.4 Å². The summed E-state index contributed by atoms with van der Waals surface area (Å²) < 4.78 is 5.17. The monoisotopic (exact) mass is 292 g/mol. The van der Waals surface area contributed by atoms with E-state index in [0.717, 1.165) is 4.88 Å². The highest BCUT2D eigenvalue weighted by Crippen LogP contribution is 2.14. The maximum absolute atomic E-state index is 11.9. The molecule has 20 heavy (non-hydrogen) atoms. The average molecular weight is 292 g/mol. The van der Waals surface area contributed by atoms with Crippen LogP contribution in [-0.4, -0.2) is 30.3 Å². The first-order chi connectivity index (χ1) is 9.56. The van der Waals surface area contributed by atoms with Crippen molar-refractivity contribution in [1.29, 1.82) is 0 Å². The molecule has 0 fully saturated rings. The van der Waals surface area contributed by atoms with Crippen LogP contribution >= 0.6 is 11.3 Å². The number of furan rings is 1. The molecule has 0 saturated heterocycles. The predicted octanol–water partition coefficient (Wildman–Crippen LogP) is 2.04. The molecule has 106 valence electrons. The first kappa shape index (κ1) is 14.3. The van der Waals surface area contributed by atoms with Crippen molar-refractivity contribution in [1.82, 2.24) is 10.2 Å². The first-order valence-electron chi connectivity index (χ1n) is 6.17. The Morgan fingerprint density at radius 3 is 2.75 bits per heavy atom. The average Bonchev–Trinajstić information content (AvgIpc) is 3.07. The van der Waals surface area contributed by atoms with E-state index in [0.29, 0.717) is 17.2 Å². The van der Waals surface area contributed by atoms with Crippen LogP contribution in [0.15, 0.2) is 34.9 Å². The van der Waals surface area contributed by atoms with Crippen molar-refractivity contribution in [2.24, 2.45) is 0 Å². The SMILES string of the molecule is Cc1ccc(C(=O)NCC(=O)N(C)Cc2ccco2)s1. The molecule has 2 heterocycles. The van der Waals surface area contributed by atoms with Gasteiger partial charge in [0.25, 0.3) is 5.91 Å². The van der Waals surface area contributed by atoms with Crippen molar-refractivity contribution in [2.45, 2.75) is 13.5 Å². The molecule has 0 saturated carbocycles. The van der Waals surface area contributed by atoms with Crippen LogP contribution in [0, 0.1) is 6.92 Å². The van der Waals surface area contributed by atoms with E-state index in [1.807, 2.05) is 13.0 Å². The lowest BCUT2D eigenvalue weighted by molar-refractivity contribution is -0.129. The van der Waals surface area contributed by atoms with Gasteiger partial charge in [-0.2, -0.15) is 0 Å². The number of carbonyl (C=O) groups excluding carboxylic acids is 2. The molecule has 0 aliphatic rings. The summed E-state index contributed by atoms with van der Waals surface area (Å²) in [6, 6.07) is 7.21. The van der Waals surface area contributed by atoms with Crippen LogP contribution in [0.4, 0.5) is 0 Å². The quantitative estimate of drug-likeness (QED) is 0.917. The molecule has 2 rings (SSSR count). The number of carbonyl (C=O) groups is 2. The van der Waals surface area contributed by atoms with E-state index in [9.17, 15) is 9.59 Å². The Labute approximate surface area is 121 Å². The van der Waals surface area contributed by atoms with Crippen molar-refractivity contribution in [2.75, 3.05) is 13.6 Å². The minimum atomic E-state index is -0.220. The maximum atomic E-state index is 11.9. The zero-order valence-electron chi connectivity index (χ0n) is 11.4. The molecular weight excluding hydrogens is 276 g/mol. The highest BCUT2D eigenvalue weighted by Gasteiger charge is 2.13. The van der Waals surface area contributed by atoms with Gasteiger partial charge in [-0.15, -0.1) is 11.3 Å². The largest absolute Gasteiger partial charge is 0.467 e. The van der Waals surface area contributed by atoms with E-state index in [2.05, 4.69) is 5.32 Å². The van der Waals surface area contributed by atoms with E-state index < -0.39 is 0 Å². The summed E-state index contributed by atoms with van der Waals surface area (Å²) in [5.41, 5.74) is 0. The lowest BCUT2D eigenvalue weighted by Crippen LogP contribution is -2.37. The Morgan fingerprint density at radius 2 is 2.15 bits per heavy atom. The van der Waals surface area contributed by atoms with Crippen molar-refractivity contribution in [3.05, 3.63) is 46.0 Å². The van der Waals surface area contributed by atoms with Crippen LogP contribution in [0.3, 0.4) is 0 Å². The highest BCUT2D eigenvalue weighted by molar-refractivity contribution is 7.13. The zero-order valence-corrected chi connectivity index (χ0v) is 12.2. The van der Waals surface area contributed by atoms with Crippen LogP contribution in [0.25, 0.3) is 0 Å². The van der Waals surface area contributed by atoms with Gasteiger partial charge in [0, 0.05) is 11.9 Å². The standard InChI is InChI=1S/C14H16N2O3S/c1-10-5-6-12(20-10)14(18)15-8-13(17)16(2)9-11-4-3-7-19-11/h3-7H,8-9H2,1-2H3,(H,15,18). The summed E-state index contributed by atoms with van der Waals surface area (Å²) in [6.45, 7) is 2.30. The molecule has 2 aromatic rings. The molecule has 0 bridgehead atoms. The molecule has 0 aromatic carbocycles. The summed E-state index contributed by atoms with van der Waals surface area (Å²) >= 11 is 1.41. The summed E-state index contributed by atoms with van der Waals surface area (Å²) in [6.07, 6.45) is 1.56. The molecule has 0 atom stereocenters. The maximum Gasteiger partial charge on any atom is 0.261 e. The van der Waals surface area contributed by atoms with Crippen LogP contribution in [0.1, 0.15) is 20.3 Å². The van der Waals surface area contributed by atoms with Gasteiger partial charge in [0.1, 0.15) is 5.76 Å². The van der Waals surface area contributed by atoms with Crippen molar-refractivity contribution >= 4 is 23.2 Å². The van der Waals surface area contributed by atoms with Crippen LogP contribution in [0.5, 0.6) is 0 Å². The second kappa shape index (κ2) is 6.38. The number of likely N-dealkylation sites (N-methyl/N-ethyl adjacent to an activating group) is 1. The molecule has 0 radical (unpaired) electrons. The highest BCUT2D eigenvalue weighted by atomic mass is 32.1. The number of thiophene rings is 1. The number of hydrogen-bond acceptors (Lipinski definition) is 4. The summed E-state index contributed by atoms with van der Waals surface area (Å²) in [5, 5.41) is 2.62. The predicted molar refractivity (Wildman–Crippen MR) is 76.6 cm³/mol. The number of rotatable bonds is 5. The zero-order chi connectivity index (χ0) is 14.5. The second-order valence-electron chi connectivity index (χ2n) is 4.42. The summed E-state index contributed by atoms with van der Waals surface area (Å²) in [7, 11) is 1.67. The van der Waals surface area contributed by atoms with Gasteiger partial charge in [0.05, 0.1) is 24.2 Å². The van der Waals surface area contributed by atoms with Gasteiger partial charge < -0.3 is 14.6 Å². The molecule has 5 nitrogen and oxygen atoms in total. The van der Waals surface area contributed by atoms with Gasteiger partial charge in [-0.3, -0.25) is 9.59 Å². The van der Waals surface area contributed by atoms with E-state index in [4.69, 9.17) is 4.42 Å². The Bertz CT molecular complexity index is 589. The van der Waals surface area contributed by atoms with Gasteiger partial charge in [-0.25, -0.2) is 0 Å². The van der Waals surface area contributed by atoms with Crippen LogP contribution in [-0.2, 0) is 11.3 Å². The van der Waals surface area contributed by atoms with Gasteiger partial charge in [-0.05, 0) is 31.2 Å². The van der Waals surface area contributed by atoms with E-state index in [1.165, 1.54) is 16.2 Å². The fraction of sp³-hybridized carbons (Fsp3) is 0.286. The number of amides is 2. The normalized spacial score (nSPS) is 10.3. The van der Waals surface area contributed by atoms with Crippen molar-refractivity contribution in [3.63, 3.8) is 0 Å². The van der Waals surface area contributed by atoms with Gasteiger partial charge >= 0.3 is 0 Å². The molecule has 6 heteroatoms. The third-order valence-corrected chi connectivity index (χ3v) is 3.76. The number of hydrogen-bond donors (Lipinski definition) is 1. The molecule has 2 amide bonds. The number of nitrogens with one attached hydrogen (secondary N) is 1. The number of nitrogens with zero attached hydrogens (tertiary/aromatic N) is 1. The van der Waals surface area contributed by atoms with Gasteiger partial charge in [0.2, 0.25) is 5.91 Å². The summed E-state index contributed by atoms with van der Waals surface area (Å²) in [5.74, 6) is 0.326. The first-order valence-corrected chi connectivity index (χ1v) is 6.99. The second-order valence-corrected chi connectivity index (χ2v) is 5.71.